The molecular formula is C13H19F3N4O. The Kier molecular flexibility index (Phi) is 4.55. The zero-order valence-electron chi connectivity index (χ0n) is 12.1. The summed E-state index contributed by atoms with van der Waals surface area (Å²) in [6, 6.07) is 1.57. The van der Waals surface area contributed by atoms with Gasteiger partial charge in [0, 0.05) is 25.8 Å². The van der Waals surface area contributed by atoms with Gasteiger partial charge in [-0.2, -0.15) is 18.2 Å². The molecule has 118 valence electrons. The summed E-state index contributed by atoms with van der Waals surface area (Å²) >= 11 is 0. The highest BCUT2D eigenvalue weighted by Crippen LogP contribution is 2.37. The summed E-state index contributed by atoms with van der Waals surface area (Å²) in [7, 11) is 0. The predicted octanol–water partition coefficient (Wildman–Crippen LogP) is 2.31. The molecule has 0 atom stereocenters. The number of alkyl halides is 3. The average molecular weight is 304 g/mol. The van der Waals surface area contributed by atoms with Crippen LogP contribution in [0, 0.1) is 5.41 Å². The molecule has 0 aliphatic carbocycles. The maximum atomic E-state index is 12.8. The molecule has 1 N–H and O–H groups in total. The second-order valence-electron chi connectivity index (χ2n) is 5.58. The first kappa shape index (κ1) is 15.8. The number of nitrogens with zero attached hydrogens (tertiary/aromatic N) is 3. The maximum absolute atomic E-state index is 12.8. The van der Waals surface area contributed by atoms with Gasteiger partial charge >= 0.3 is 6.18 Å². The number of morpholine rings is 1. The summed E-state index contributed by atoms with van der Waals surface area (Å²) in [6.07, 6.45) is -2.72. The number of hydrogen-bond donors (Lipinski definition) is 1. The SMILES string of the molecule is CC(C)(CNc1ccnc(N2CCOCC2)n1)C(F)(F)F. The molecule has 1 fully saturated rings. The molecule has 0 radical (unpaired) electrons. The van der Waals surface area contributed by atoms with E-state index in [0.29, 0.717) is 38.1 Å². The standard InChI is InChI=1S/C13H19F3N4O/c1-12(2,13(14,15)16)9-18-10-3-4-17-11(19-10)20-5-7-21-8-6-20/h3-4H,5-9H2,1-2H3,(H,17,18,19). The highest BCUT2D eigenvalue weighted by molar-refractivity contribution is 5.41. The van der Waals surface area contributed by atoms with Gasteiger partial charge in [-0.05, 0) is 19.9 Å². The van der Waals surface area contributed by atoms with Crippen molar-refractivity contribution in [2.24, 2.45) is 5.41 Å². The third kappa shape index (κ3) is 3.96. The van der Waals surface area contributed by atoms with E-state index in [1.165, 1.54) is 0 Å². The molecule has 5 nitrogen and oxygen atoms in total. The normalized spacial score (nSPS) is 16.9. The quantitative estimate of drug-likeness (QED) is 0.925. The number of hydrogen-bond acceptors (Lipinski definition) is 5. The minimum absolute atomic E-state index is 0.240. The Bertz CT molecular complexity index is 473. The van der Waals surface area contributed by atoms with Gasteiger partial charge in [0.15, 0.2) is 0 Å². The summed E-state index contributed by atoms with van der Waals surface area (Å²) < 4.78 is 43.7. The van der Waals surface area contributed by atoms with Gasteiger partial charge in [0.05, 0.1) is 18.6 Å². The van der Waals surface area contributed by atoms with Gasteiger partial charge in [0.1, 0.15) is 5.82 Å². The Morgan fingerprint density at radius 3 is 2.57 bits per heavy atom. The summed E-state index contributed by atoms with van der Waals surface area (Å²) in [6.45, 7) is 4.63. The van der Waals surface area contributed by atoms with Crippen LogP contribution < -0.4 is 10.2 Å². The highest BCUT2D eigenvalue weighted by Gasteiger charge is 2.47. The molecule has 2 rings (SSSR count). The van der Waals surface area contributed by atoms with Gasteiger partial charge in [-0.15, -0.1) is 0 Å². The molecule has 1 aromatic rings. The van der Waals surface area contributed by atoms with E-state index in [1.807, 2.05) is 4.90 Å². The Balaban J connectivity index is 2.01. The lowest BCUT2D eigenvalue weighted by atomic mass is 9.93. The molecule has 0 unspecified atom stereocenters. The lowest BCUT2D eigenvalue weighted by molar-refractivity contribution is -0.206. The zero-order chi connectivity index (χ0) is 15.5. The molecule has 1 aromatic heterocycles. The van der Waals surface area contributed by atoms with Crippen molar-refractivity contribution in [3.05, 3.63) is 12.3 Å². The van der Waals surface area contributed by atoms with Crippen molar-refractivity contribution >= 4 is 11.8 Å². The monoisotopic (exact) mass is 304 g/mol. The Hall–Kier alpha value is -1.57. The topological polar surface area (TPSA) is 50.3 Å². The van der Waals surface area contributed by atoms with Crippen molar-refractivity contribution < 1.29 is 17.9 Å². The largest absolute Gasteiger partial charge is 0.395 e. The summed E-state index contributed by atoms with van der Waals surface area (Å²) in [5.74, 6) is 0.900. The van der Waals surface area contributed by atoms with Crippen LogP contribution in [0.4, 0.5) is 24.9 Å². The van der Waals surface area contributed by atoms with Gasteiger partial charge in [-0.25, -0.2) is 4.98 Å². The Labute approximate surface area is 121 Å². The molecule has 0 amide bonds. The number of nitrogens with one attached hydrogen (secondary N) is 1. The van der Waals surface area contributed by atoms with Crippen molar-refractivity contribution in [3.8, 4) is 0 Å². The Morgan fingerprint density at radius 1 is 1.29 bits per heavy atom. The molecule has 0 saturated carbocycles. The average Bonchev–Trinajstić information content (AvgIpc) is 2.45. The number of aromatic nitrogens is 2. The van der Waals surface area contributed by atoms with Crippen LogP contribution >= 0.6 is 0 Å². The fourth-order valence-corrected chi connectivity index (χ4v) is 1.77. The fourth-order valence-electron chi connectivity index (χ4n) is 1.77. The van der Waals surface area contributed by atoms with Crippen LogP contribution in [0.3, 0.4) is 0 Å². The summed E-state index contributed by atoms with van der Waals surface area (Å²) in [4.78, 5) is 10.4. The fraction of sp³-hybridized carbons (Fsp3) is 0.692. The van der Waals surface area contributed by atoms with Crippen LogP contribution in [-0.4, -0.2) is 49.0 Å². The van der Waals surface area contributed by atoms with E-state index in [2.05, 4.69) is 15.3 Å². The van der Waals surface area contributed by atoms with Crippen molar-refractivity contribution in [1.29, 1.82) is 0 Å². The van der Waals surface area contributed by atoms with Crippen LogP contribution in [0.25, 0.3) is 0 Å². The first-order chi connectivity index (χ1) is 9.79. The molecule has 1 aliphatic heterocycles. The smallest absolute Gasteiger partial charge is 0.378 e. The second kappa shape index (κ2) is 6.05. The van der Waals surface area contributed by atoms with Gasteiger partial charge < -0.3 is 15.0 Å². The molecule has 21 heavy (non-hydrogen) atoms. The number of anilines is 2. The Morgan fingerprint density at radius 2 is 1.95 bits per heavy atom. The number of ether oxygens (including phenoxy) is 1. The minimum Gasteiger partial charge on any atom is -0.378 e. The first-order valence-corrected chi connectivity index (χ1v) is 6.76. The summed E-state index contributed by atoms with van der Waals surface area (Å²) in [5, 5.41) is 2.74. The predicted molar refractivity (Wildman–Crippen MR) is 73.4 cm³/mol. The van der Waals surface area contributed by atoms with E-state index in [-0.39, 0.29) is 6.54 Å². The molecule has 1 saturated heterocycles. The lowest BCUT2D eigenvalue weighted by Gasteiger charge is -2.29. The van der Waals surface area contributed by atoms with E-state index >= 15 is 0 Å². The van der Waals surface area contributed by atoms with Crippen LogP contribution in [0.1, 0.15) is 13.8 Å². The van der Waals surface area contributed by atoms with Crippen LogP contribution in [-0.2, 0) is 4.74 Å². The van der Waals surface area contributed by atoms with E-state index in [4.69, 9.17) is 4.74 Å². The lowest BCUT2D eigenvalue weighted by Crippen LogP contribution is -2.39. The van der Waals surface area contributed by atoms with Crippen molar-refractivity contribution in [1.82, 2.24) is 9.97 Å². The van der Waals surface area contributed by atoms with E-state index in [1.54, 1.807) is 12.3 Å². The van der Waals surface area contributed by atoms with E-state index in [9.17, 15) is 13.2 Å². The van der Waals surface area contributed by atoms with E-state index < -0.39 is 11.6 Å². The van der Waals surface area contributed by atoms with E-state index in [0.717, 1.165) is 13.8 Å². The van der Waals surface area contributed by atoms with Crippen LogP contribution in [0.2, 0.25) is 0 Å². The van der Waals surface area contributed by atoms with Crippen molar-refractivity contribution in [2.45, 2.75) is 20.0 Å². The molecule has 0 bridgehead atoms. The molecule has 0 spiro atoms. The van der Waals surface area contributed by atoms with Gasteiger partial charge in [0.25, 0.3) is 0 Å². The first-order valence-electron chi connectivity index (χ1n) is 6.76. The molecule has 8 heteroatoms. The highest BCUT2D eigenvalue weighted by atomic mass is 19.4. The number of rotatable bonds is 4. The number of halogens is 3. The van der Waals surface area contributed by atoms with Gasteiger partial charge in [0.2, 0.25) is 5.95 Å². The molecular weight excluding hydrogens is 285 g/mol. The summed E-state index contributed by atoms with van der Waals surface area (Å²) in [5.41, 5.74) is -1.82. The third-order valence-electron chi connectivity index (χ3n) is 3.42. The van der Waals surface area contributed by atoms with Crippen LogP contribution in [0.5, 0.6) is 0 Å². The maximum Gasteiger partial charge on any atom is 0.395 e. The van der Waals surface area contributed by atoms with Crippen molar-refractivity contribution in [2.75, 3.05) is 43.1 Å². The third-order valence-corrected chi connectivity index (χ3v) is 3.42. The van der Waals surface area contributed by atoms with Gasteiger partial charge in [-0.3, -0.25) is 0 Å². The minimum atomic E-state index is -4.26. The molecule has 1 aliphatic rings. The second-order valence-corrected chi connectivity index (χ2v) is 5.58. The van der Waals surface area contributed by atoms with Crippen molar-refractivity contribution in [3.63, 3.8) is 0 Å². The molecule has 0 aromatic carbocycles. The zero-order valence-corrected chi connectivity index (χ0v) is 12.1. The molecule has 2 heterocycles. The van der Waals surface area contributed by atoms with Gasteiger partial charge in [-0.1, -0.05) is 0 Å². The van der Waals surface area contributed by atoms with Crippen LogP contribution in [0.15, 0.2) is 12.3 Å².